The zero-order chi connectivity index (χ0) is 53.7. The van der Waals surface area contributed by atoms with Gasteiger partial charge in [-0.2, -0.15) is 58.9 Å². The molecule has 0 unspecified atom stereocenters. The van der Waals surface area contributed by atoms with Gasteiger partial charge in [0.25, 0.3) is 40.5 Å². The number of anilines is 4. The molecule has 34 heteroatoms. The van der Waals surface area contributed by atoms with Gasteiger partial charge in [0, 0.05) is 21.5 Å². The summed E-state index contributed by atoms with van der Waals surface area (Å²) in [5.41, 5.74) is -7.07. The fraction of sp³-hybridized carbons (Fsp3) is 0. The van der Waals surface area contributed by atoms with E-state index in [-0.39, 0.29) is 10.8 Å². The molecule has 30 nitrogen and oxygen atoms in total. The molecule has 0 radical (unpaired) electrons. The monoisotopic (exact) mass is 1080 g/mol. The summed E-state index contributed by atoms with van der Waals surface area (Å²) in [5, 5.41) is 68.6. The zero-order valence-corrected chi connectivity index (χ0v) is 38.5. The Balaban J connectivity index is 1.25. The van der Waals surface area contributed by atoms with Crippen molar-refractivity contribution in [1.29, 1.82) is 0 Å². The van der Waals surface area contributed by atoms with E-state index in [1.54, 1.807) is 0 Å². The van der Waals surface area contributed by atoms with Crippen LogP contribution in [0.1, 0.15) is 41.4 Å². The van der Waals surface area contributed by atoms with E-state index in [0.29, 0.717) is 36.4 Å². The molecule has 1 heterocycles. The van der Waals surface area contributed by atoms with Crippen molar-refractivity contribution in [1.82, 2.24) is 15.0 Å². The number of nitrogens with one attached hydrogen (secondary N) is 2. The molecule has 0 fully saturated rings. The maximum absolute atomic E-state index is 12.5. The van der Waals surface area contributed by atoms with Crippen molar-refractivity contribution in [2.75, 3.05) is 10.6 Å². The van der Waals surface area contributed by atoms with Gasteiger partial charge in [-0.3, -0.25) is 18.2 Å². The minimum atomic E-state index is -5.13. The van der Waals surface area contributed by atoms with Gasteiger partial charge in [-0.15, -0.1) is 10.2 Å². The molecule has 0 bridgehead atoms. The van der Waals surface area contributed by atoms with E-state index >= 15 is 0 Å². The summed E-state index contributed by atoms with van der Waals surface area (Å²) in [5.74, 6) is -8.68. The van der Waals surface area contributed by atoms with E-state index in [9.17, 15) is 96.6 Å². The second-order valence-corrected chi connectivity index (χ2v) is 20.0. The first-order valence-corrected chi connectivity index (χ1v) is 24.8. The Hall–Kier alpha value is -9.03. The highest BCUT2D eigenvalue weighted by Gasteiger charge is 2.26. The molecule has 73 heavy (non-hydrogen) atoms. The molecule has 6 aromatic carbocycles. The van der Waals surface area contributed by atoms with Gasteiger partial charge in [0.15, 0.2) is 0 Å². The number of fused-ring (bicyclic) bond motifs is 2. The van der Waals surface area contributed by atoms with Crippen molar-refractivity contribution in [2.24, 2.45) is 20.5 Å². The molecule has 376 valence electrons. The predicted molar refractivity (Wildman–Crippen MR) is 244 cm³/mol. The number of aromatic carboxylic acids is 4. The van der Waals surface area contributed by atoms with Crippen LogP contribution in [0.25, 0.3) is 21.5 Å². The van der Waals surface area contributed by atoms with E-state index in [4.69, 9.17) is 0 Å². The molecule has 7 rings (SSSR count). The fourth-order valence-electron chi connectivity index (χ4n) is 6.80. The van der Waals surface area contributed by atoms with Gasteiger partial charge in [-0.05, 0) is 60.7 Å². The third-order valence-electron chi connectivity index (χ3n) is 9.77. The summed E-state index contributed by atoms with van der Waals surface area (Å²) in [4.78, 5) is 57.5. The molecular weight excluding hydrogens is 1060 g/mol. The normalized spacial score (nSPS) is 12.4. The van der Waals surface area contributed by atoms with Crippen LogP contribution in [0.3, 0.4) is 0 Å². The summed E-state index contributed by atoms with van der Waals surface area (Å²) in [6.07, 6.45) is 0. The van der Waals surface area contributed by atoms with Crippen LogP contribution in [-0.2, 0) is 40.5 Å². The number of aromatic nitrogens is 3. The van der Waals surface area contributed by atoms with Gasteiger partial charge in [0.2, 0.25) is 11.9 Å². The number of hydrogen-bond donors (Lipinski definition) is 11. The maximum atomic E-state index is 12.5. The average molecular weight is 1080 g/mol. The zero-order valence-electron chi connectivity index (χ0n) is 35.3. The second-order valence-electron chi connectivity index (χ2n) is 14.5. The van der Waals surface area contributed by atoms with E-state index in [1.807, 2.05) is 0 Å². The number of carboxylic acid groups (broad SMARTS) is 4. The highest BCUT2D eigenvalue weighted by atomic mass is 32.2. The van der Waals surface area contributed by atoms with Gasteiger partial charge in [-0.25, -0.2) is 19.2 Å². The molecule has 0 aliphatic carbocycles. The van der Waals surface area contributed by atoms with Crippen molar-refractivity contribution in [3.63, 3.8) is 0 Å². The van der Waals surface area contributed by atoms with Gasteiger partial charge >= 0.3 is 29.9 Å². The number of hydrogen-bond acceptors (Lipinski definition) is 22. The molecule has 0 amide bonds. The third-order valence-corrected chi connectivity index (χ3v) is 13.4. The lowest BCUT2D eigenvalue weighted by molar-refractivity contribution is 0.0682. The molecule has 0 spiro atoms. The predicted octanol–water partition coefficient (Wildman–Crippen LogP) is 5.98. The summed E-state index contributed by atoms with van der Waals surface area (Å²) in [6, 6.07) is 10.7. The van der Waals surface area contributed by atoms with Gasteiger partial charge in [-0.1, -0.05) is 24.3 Å². The standard InChI is InChI=1S/C39H25N9O21S4/c49-33(50)21-13-27(47-45-15-7-19-17(31(9-15)72(64,65)66)3-1-5-29(19)70(58,59)60)23(35(53)54)11-25(21)40-37-42-38(44-39(57)43-37)41-26-12-24(36(55)56)28(14-22(26)34(51)52)48-46-16-8-20-18(32(10-16)73(67,68)69)4-2-6-30(20)71(61,62)63/h1-14H,(H,49,50)(H,51,52)(H,53,54)(H,55,56)(H,58,59,60)(H,61,62,63)(H,64,65,66)(H,67,68,69)(H3,40,41,42,43,44,57)/b47-45+,48-46+. The first kappa shape index (κ1) is 51.8. The molecule has 0 aliphatic heterocycles. The molecule has 0 aliphatic rings. The van der Waals surface area contributed by atoms with Crippen molar-refractivity contribution < 1.29 is 96.6 Å². The Morgan fingerprint density at radius 3 is 1.07 bits per heavy atom. The van der Waals surface area contributed by atoms with Crippen LogP contribution in [0, 0.1) is 0 Å². The number of benzene rings is 6. The Kier molecular flexibility index (Phi) is 13.4. The Morgan fingerprint density at radius 1 is 0.411 bits per heavy atom. The van der Waals surface area contributed by atoms with Gasteiger partial charge in [0.05, 0.1) is 45.0 Å². The first-order chi connectivity index (χ1) is 33.9. The molecular formula is C39H25N9O21S4. The Labute approximate surface area is 405 Å². The third kappa shape index (κ3) is 11.1. The Bertz CT molecular complexity index is 3870. The van der Waals surface area contributed by atoms with Crippen molar-refractivity contribution in [2.45, 2.75) is 19.6 Å². The molecule has 7 aromatic rings. The lowest BCUT2D eigenvalue weighted by atomic mass is 10.1. The topological polar surface area (TPSA) is 499 Å². The molecule has 0 atom stereocenters. The number of carbonyl (C=O) groups is 4. The number of carboxylic acids is 4. The van der Waals surface area contributed by atoms with Crippen LogP contribution in [0.4, 0.5) is 46.0 Å². The highest BCUT2D eigenvalue weighted by Crippen LogP contribution is 2.38. The minimum absolute atomic E-state index is 0.386. The van der Waals surface area contributed by atoms with Crippen LogP contribution in [-0.4, -0.2) is 116 Å². The fourth-order valence-corrected chi connectivity index (χ4v) is 9.64. The number of nitrogens with zero attached hydrogens (tertiary/aromatic N) is 7. The summed E-state index contributed by atoms with van der Waals surface area (Å²) < 4.78 is 137. The van der Waals surface area contributed by atoms with E-state index in [0.717, 1.165) is 48.5 Å². The van der Waals surface area contributed by atoms with Crippen LogP contribution in [0.15, 0.2) is 125 Å². The van der Waals surface area contributed by atoms with Crippen molar-refractivity contribution in [3.8, 4) is 6.01 Å². The maximum Gasteiger partial charge on any atom is 0.338 e. The van der Waals surface area contributed by atoms with Gasteiger partial charge in [0.1, 0.15) is 31.0 Å². The number of azo groups is 2. The van der Waals surface area contributed by atoms with Crippen LogP contribution >= 0.6 is 0 Å². The summed E-state index contributed by atoms with van der Waals surface area (Å²) in [6.45, 7) is 0. The second kappa shape index (κ2) is 18.9. The van der Waals surface area contributed by atoms with Gasteiger partial charge < -0.3 is 36.2 Å². The SMILES string of the molecule is O=C(O)c1cc(Nc2nc(O)nc(Nc3cc(C(=O)O)c(/N=N/c4cc(S(=O)(=O)O)c5cccc(S(=O)(=O)O)c5c4)cc3C(=O)O)n2)c(C(=O)O)cc1/N=N/c1cc(S(=O)(=O)O)c2cccc(S(=O)(=O)O)c2c1. The Morgan fingerprint density at radius 2 is 0.753 bits per heavy atom. The summed E-state index contributed by atoms with van der Waals surface area (Å²) >= 11 is 0. The number of rotatable bonds is 16. The quantitative estimate of drug-likeness (QED) is 0.0391. The first-order valence-electron chi connectivity index (χ1n) is 19.1. The largest absolute Gasteiger partial charge is 0.479 e. The van der Waals surface area contributed by atoms with Crippen LogP contribution < -0.4 is 10.6 Å². The lowest BCUT2D eigenvalue weighted by Gasteiger charge is -2.14. The van der Waals surface area contributed by atoms with E-state index in [2.05, 4.69) is 46.0 Å². The molecule has 0 saturated heterocycles. The molecule has 11 N–H and O–H groups in total. The van der Waals surface area contributed by atoms with Crippen LogP contribution in [0.5, 0.6) is 6.01 Å². The van der Waals surface area contributed by atoms with Crippen molar-refractivity contribution in [3.05, 3.63) is 107 Å². The minimum Gasteiger partial charge on any atom is -0.479 e. The highest BCUT2D eigenvalue weighted by molar-refractivity contribution is 7.87. The smallest absolute Gasteiger partial charge is 0.338 e. The average Bonchev–Trinajstić information content (AvgIpc) is 3.27. The lowest BCUT2D eigenvalue weighted by Crippen LogP contribution is -2.10. The molecule has 1 aromatic heterocycles. The molecule has 0 saturated carbocycles. The van der Waals surface area contributed by atoms with Crippen LogP contribution in [0.2, 0.25) is 0 Å². The number of aromatic hydroxyl groups is 1. The van der Waals surface area contributed by atoms with E-state index in [1.165, 1.54) is 0 Å². The van der Waals surface area contributed by atoms with E-state index < -0.39 is 169 Å². The van der Waals surface area contributed by atoms with Crippen molar-refractivity contribution >= 4 is 132 Å². The summed E-state index contributed by atoms with van der Waals surface area (Å²) in [7, 11) is -20.3.